The Morgan fingerprint density at radius 3 is 2.00 bits per heavy atom. The Bertz CT molecular complexity index is 906. The van der Waals surface area contributed by atoms with Crippen molar-refractivity contribution < 1.29 is 24.3 Å². The summed E-state index contributed by atoms with van der Waals surface area (Å²) in [5, 5.41) is 17.3. The third-order valence-electron chi connectivity index (χ3n) is 5.47. The molecule has 12 N–H and O–H groups in total. The largest absolute Gasteiger partial charge is 0.480 e. The first kappa shape index (κ1) is 31.3. The maximum Gasteiger partial charge on any atom is 0.326 e. The number of carbonyl (C=O) groups is 4. The molecule has 0 aliphatic rings. The lowest BCUT2D eigenvalue weighted by Crippen LogP contribution is -2.57. The average molecular weight is 521 g/mol. The highest BCUT2D eigenvalue weighted by atomic mass is 16.4. The number of nitrogens with zero attached hydrogens (tertiary/aromatic N) is 1. The molecule has 13 heteroatoms. The van der Waals surface area contributed by atoms with Gasteiger partial charge in [0.05, 0.1) is 6.04 Å². The van der Waals surface area contributed by atoms with E-state index in [9.17, 15) is 24.3 Å². The molecule has 0 saturated carbocycles. The van der Waals surface area contributed by atoms with Crippen LogP contribution in [0.3, 0.4) is 0 Å². The van der Waals surface area contributed by atoms with Gasteiger partial charge in [-0.1, -0.05) is 30.3 Å². The van der Waals surface area contributed by atoms with Gasteiger partial charge in [-0.25, -0.2) is 4.79 Å². The predicted octanol–water partition coefficient (Wildman–Crippen LogP) is -1.70. The van der Waals surface area contributed by atoms with Crippen LogP contribution in [0.2, 0.25) is 0 Å². The minimum absolute atomic E-state index is 0.113. The molecule has 1 rings (SSSR count). The number of benzene rings is 1. The Morgan fingerprint density at radius 1 is 0.865 bits per heavy atom. The van der Waals surface area contributed by atoms with Crippen molar-refractivity contribution in [2.75, 3.05) is 13.1 Å². The maximum absolute atomic E-state index is 13.2. The van der Waals surface area contributed by atoms with Gasteiger partial charge in [0, 0.05) is 13.0 Å². The van der Waals surface area contributed by atoms with Crippen LogP contribution in [0.25, 0.3) is 0 Å². The molecule has 0 aromatic heterocycles. The summed E-state index contributed by atoms with van der Waals surface area (Å²) in [5.41, 5.74) is 22.6. The summed E-state index contributed by atoms with van der Waals surface area (Å²) in [6, 6.07) is 4.92. The molecule has 0 aliphatic carbocycles. The first-order chi connectivity index (χ1) is 17.5. The van der Waals surface area contributed by atoms with Crippen molar-refractivity contribution in [2.45, 2.75) is 69.6 Å². The fourth-order valence-electron chi connectivity index (χ4n) is 3.43. The van der Waals surface area contributed by atoms with E-state index in [0.717, 1.165) is 5.56 Å². The second kappa shape index (κ2) is 16.9. The summed E-state index contributed by atoms with van der Waals surface area (Å²) in [6.45, 7) is 2.10. The van der Waals surface area contributed by atoms with Crippen LogP contribution < -0.4 is 38.9 Å². The van der Waals surface area contributed by atoms with Crippen LogP contribution in [0.4, 0.5) is 0 Å². The van der Waals surface area contributed by atoms with E-state index >= 15 is 0 Å². The minimum Gasteiger partial charge on any atom is -0.480 e. The summed E-state index contributed by atoms with van der Waals surface area (Å²) in [4.78, 5) is 54.1. The number of carboxylic acids is 1. The summed E-state index contributed by atoms with van der Waals surface area (Å²) < 4.78 is 0. The molecule has 206 valence electrons. The Labute approximate surface area is 216 Å². The van der Waals surface area contributed by atoms with E-state index in [0.29, 0.717) is 25.8 Å². The number of hydrogen-bond donors (Lipinski definition) is 8. The number of unbranched alkanes of at least 4 members (excludes halogenated alkanes) is 1. The maximum atomic E-state index is 13.2. The molecule has 0 heterocycles. The number of aliphatic imine (C=N–C) groups is 1. The molecule has 37 heavy (non-hydrogen) atoms. The van der Waals surface area contributed by atoms with Crippen molar-refractivity contribution in [3.63, 3.8) is 0 Å². The number of hydrogen-bond acceptors (Lipinski definition) is 7. The highest BCUT2D eigenvalue weighted by Gasteiger charge is 2.29. The monoisotopic (exact) mass is 520 g/mol. The molecule has 1 aromatic rings. The third-order valence-corrected chi connectivity index (χ3v) is 5.47. The molecule has 3 amide bonds. The highest BCUT2D eigenvalue weighted by Crippen LogP contribution is 2.08. The van der Waals surface area contributed by atoms with E-state index in [1.807, 2.05) is 6.07 Å². The predicted molar refractivity (Wildman–Crippen MR) is 140 cm³/mol. The summed E-state index contributed by atoms with van der Waals surface area (Å²) in [7, 11) is 0. The van der Waals surface area contributed by atoms with Crippen LogP contribution in [0.15, 0.2) is 35.3 Å². The second-order valence-corrected chi connectivity index (χ2v) is 8.73. The Balaban J connectivity index is 3.06. The Morgan fingerprint density at radius 2 is 1.43 bits per heavy atom. The molecule has 0 aliphatic heterocycles. The lowest BCUT2D eigenvalue weighted by Gasteiger charge is -2.25. The van der Waals surface area contributed by atoms with Crippen LogP contribution >= 0.6 is 0 Å². The number of aliphatic carboxylic acids is 1. The molecule has 0 bridgehead atoms. The molecule has 4 atom stereocenters. The van der Waals surface area contributed by atoms with E-state index in [2.05, 4.69) is 20.9 Å². The SMILES string of the molecule is CC(N)C(=O)NC(Cc1ccccc1)C(=O)NC(CCCN=C(N)N)C(=O)NC(CCCCN)C(=O)O. The second-order valence-electron chi connectivity index (χ2n) is 8.73. The molecule has 1 aromatic carbocycles. The molecular formula is C24H40N8O5. The van der Waals surface area contributed by atoms with Gasteiger partial charge in [0.25, 0.3) is 0 Å². The standard InChI is InChI=1S/C24H40N8O5/c1-15(26)20(33)32-19(14-16-8-3-2-4-9-16)22(35)30-17(11-7-13-29-24(27)28)21(34)31-18(23(36)37)10-5-6-12-25/h2-4,8-9,15,17-19H,5-7,10-14,25-26H2,1H3,(H,30,35)(H,31,34)(H,32,33)(H,36,37)(H4,27,28,29). The van der Waals surface area contributed by atoms with Gasteiger partial charge in [-0.3, -0.25) is 19.4 Å². The average Bonchev–Trinajstić information content (AvgIpc) is 2.84. The molecule has 0 fully saturated rings. The molecule has 0 spiro atoms. The van der Waals surface area contributed by atoms with E-state index in [4.69, 9.17) is 22.9 Å². The number of guanidine groups is 1. The summed E-state index contributed by atoms with van der Waals surface area (Å²) in [6.07, 6.45) is 1.92. The van der Waals surface area contributed by atoms with Crippen molar-refractivity contribution in [3.05, 3.63) is 35.9 Å². The van der Waals surface area contributed by atoms with Gasteiger partial charge in [0.1, 0.15) is 18.1 Å². The van der Waals surface area contributed by atoms with Crippen LogP contribution in [-0.4, -0.2) is 72.0 Å². The molecule has 0 radical (unpaired) electrons. The number of amides is 3. The first-order valence-electron chi connectivity index (χ1n) is 12.2. The Hall–Kier alpha value is -3.71. The minimum atomic E-state index is -1.19. The third kappa shape index (κ3) is 12.7. The number of nitrogens with two attached hydrogens (primary N) is 4. The lowest BCUT2D eigenvalue weighted by molar-refractivity contribution is -0.142. The van der Waals surface area contributed by atoms with Gasteiger partial charge in [-0.05, 0) is 51.1 Å². The van der Waals surface area contributed by atoms with Gasteiger partial charge >= 0.3 is 5.97 Å². The van der Waals surface area contributed by atoms with Gasteiger partial charge in [-0.2, -0.15) is 0 Å². The van der Waals surface area contributed by atoms with Crippen molar-refractivity contribution in [2.24, 2.45) is 27.9 Å². The van der Waals surface area contributed by atoms with Crippen molar-refractivity contribution in [3.8, 4) is 0 Å². The molecular weight excluding hydrogens is 480 g/mol. The van der Waals surface area contributed by atoms with Gasteiger partial charge in [0.2, 0.25) is 17.7 Å². The van der Waals surface area contributed by atoms with Crippen molar-refractivity contribution in [1.82, 2.24) is 16.0 Å². The quantitative estimate of drug-likeness (QED) is 0.0662. The van der Waals surface area contributed by atoms with E-state index in [1.54, 1.807) is 24.3 Å². The van der Waals surface area contributed by atoms with Gasteiger partial charge in [-0.15, -0.1) is 0 Å². The molecule has 4 unspecified atom stereocenters. The summed E-state index contributed by atoms with van der Waals surface area (Å²) in [5.74, 6) is -3.12. The van der Waals surface area contributed by atoms with Crippen LogP contribution in [-0.2, 0) is 25.6 Å². The number of nitrogens with one attached hydrogen (secondary N) is 3. The molecule has 13 nitrogen and oxygen atoms in total. The number of carbonyl (C=O) groups excluding carboxylic acids is 3. The zero-order valence-corrected chi connectivity index (χ0v) is 21.2. The number of carboxylic acid groups (broad SMARTS) is 1. The topological polar surface area (TPSA) is 241 Å². The van der Waals surface area contributed by atoms with Gasteiger partial charge < -0.3 is 44.0 Å². The fraction of sp³-hybridized carbons (Fsp3) is 0.542. The summed E-state index contributed by atoms with van der Waals surface area (Å²) >= 11 is 0. The number of rotatable bonds is 17. The Kier molecular flexibility index (Phi) is 14.3. The van der Waals surface area contributed by atoms with Crippen LogP contribution in [0, 0.1) is 0 Å². The normalized spacial score (nSPS) is 13.9. The van der Waals surface area contributed by atoms with E-state index < -0.39 is 47.9 Å². The highest BCUT2D eigenvalue weighted by molar-refractivity contribution is 5.94. The fourth-order valence-corrected chi connectivity index (χ4v) is 3.43. The van der Waals surface area contributed by atoms with E-state index in [-0.39, 0.29) is 31.8 Å². The first-order valence-corrected chi connectivity index (χ1v) is 12.2. The smallest absolute Gasteiger partial charge is 0.326 e. The van der Waals surface area contributed by atoms with Crippen LogP contribution in [0.5, 0.6) is 0 Å². The van der Waals surface area contributed by atoms with Crippen molar-refractivity contribution >= 4 is 29.7 Å². The van der Waals surface area contributed by atoms with Crippen molar-refractivity contribution in [1.29, 1.82) is 0 Å². The zero-order valence-electron chi connectivity index (χ0n) is 21.2. The lowest BCUT2D eigenvalue weighted by atomic mass is 10.0. The van der Waals surface area contributed by atoms with Gasteiger partial charge in [0.15, 0.2) is 5.96 Å². The molecule has 0 saturated heterocycles. The van der Waals surface area contributed by atoms with Crippen LogP contribution in [0.1, 0.15) is 44.6 Å². The van der Waals surface area contributed by atoms with E-state index in [1.165, 1.54) is 6.92 Å². The zero-order chi connectivity index (χ0) is 27.8.